The molecule has 0 aromatic heterocycles. The molecule has 0 heterocycles. The highest BCUT2D eigenvalue weighted by Gasteiger charge is 2.03. The Bertz CT molecular complexity index is 357. The third kappa shape index (κ3) is 1.60. The summed E-state index contributed by atoms with van der Waals surface area (Å²) in [4.78, 5) is 0. The molecule has 1 atom stereocenters. The Labute approximate surface area is 70.7 Å². The van der Waals surface area contributed by atoms with Gasteiger partial charge in [0.1, 0.15) is 6.04 Å². The zero-order chi connectivity index (χ0) is 8.97. The van der Waals surface area contributed by atoms with Crippen LogP contribution in [0.5, 0.6) is 0 Å². The normalized spacial score (nSPS) is 11.2. The number of hydrogen-bond donors (Lipinski definition) is 1. The Kier molecular flexibility index (Phi) is 2.42. The van der Waals surface area contributed by atoms with Crippen molar-refractivity contribution in [2.24, 2.45) is 5.73 Å². The van der Waals surface area contributed by atoms with Gasteiger partial charge in [0.05, 0.1) is 17.7 Å². The molecule has 12 heavy (non-hydrogen) atoms. The molecule has 0 spiro atoms. The maximum atomic E-state index is 8.54. The van der Waals surface area contributed by atoms with Crippen molar-refractivity contribution in [2.45, 2.75) is 6.04 Å². The molecule has 3 nitrogen and oxygen atoms in total. The van der Waals surface area contributed by atoms with Gasteiger partial charge in [0.2, 0.25) is 0 Å². The Morgan fingerprint density at radius 2 is 2.08 bits per heavy atom. The van der Waals surface area contributed by atoms with E-state index in [1.807, 2.05) is 12.1 Å². The summed E-state index contributed by atoms with van der Waals surface area (Å²) < 4.78 is 0. The summed E-state index contributed by atoms with van der Waals surface area (Å²) in [6.45, 7) is 0. The van der Waals surface area contributed by atoms with Crippen molar-refractivity contribution >= 4 is 0 Å². The molecule has 2 N–H and O–H groups in total. The Morgan fingerprint density at radius 3 is 2.67 bits per heavy atom. The Hall–Kier alpha value is -1.84. The van der Waals surface area contributed by atoms with Gasteiger partial charge in [0.25, 0.3) is 0 Å². The summed E-state index contributed by atoms with van der Waals surface area (Å²) in [7, 11) is 0. The average Bonchev–Trinajstić information content (AvgIpc) is 2.17. The van der Waals surface area contributed by atoms with Crippen LogP contribution in [0.3, 0.4) is 0 Å². The fourth-order valence-corrected chi connectivity index (χ4v) is 0.876. The lowest BCUT2D eigenvalue weighted by Crippen LogP contribution is -2.06. The number of benzene rings is 1. The number of nitrogens with zero attached hydrogens (tertiary/aromatic N) is 2. The van der Waals surface area contributed by atoms with Crippen molar-refractivity contribution in [3.63, 3.8) is 0 Å². The van der Waals surface area contributed by atoms with Gasteiger partial charge in [-0.1, -0.05) is 12.1 Å². The van der Waals surface area contributed by atoms with Crippen LogP contribution in [0.15, 0.2) is 24.3 Å². The van der Waals surface area contributed by atoms with E-state index in [0.29, 0.717) is 11.1 Å². The molecule has 0 bridgehead atoms. The first-order valence-corrected chi connectivity index (χ1v) is 3.43. The van der Waals surface area contributed by atoms with Crippen LogP contribution in [0.1, 0.15) is 17.2 Å². The van der Waals surface area contributed by atoms with E-state index < -0.39 is 6.04 Å². The van der Waals surface area contributed by atoms with E-state index >= 15 is 0 Å². The molecule has 1 unspecified atom stereocenters. The molecule has 0 saturated heterocycles. The van der Waals surface area contributed by atoms with Gasteiger partial charge in [-0.05, 0) is 17.7 Å². The third-order valence-corrected chi connectivity index (χ3v) is 1.51. The largest absolute Gasteiger partial charge is 0.312 e. The van der Waals surface area contributed by atoms with Crippen LogP contribution in [-0.2, 0) is 0 Å². The van der Waals surface area contributed by atoms with E-state index in [4.69, 9.17) is 16.3 Å². The van der Waals surface area contributed by atoms with Gasteiger partial charge in [-0.25, -0.2) is 0 Å². The van der Waals surface area contributed by atoms with Crippen molar-refractivity contribution in [2.75, 3.05) is 0 Å². The predicted octanol–water partition coefficient (Wildman–Crippen LogP) is 1.08. The molecule has 0 aliphatic heterocycles. The molecule has 58 valence electrons. The fourth-order valence-electron chi connectivity index (χ4n) is 0.876. The maximum Gasteiger partial charge on any atom is 0.118 e. The molecule has 3 heteroatoms. The van der Waals surface area contributed by atoms with Crippen LogP contribution in [0.4, 0.5) is 0 Å². The molecule has 0 radical (unpaired) electrons. The smallest absolute Gasteiger partial charge is 0.118 e. The molecule has 0 aliphatic carbocycles. The van der Waals surface area contributed by atoms with Gasteiger partial charge in [0.15, 0.2) is 0 Å². The second kappa shape index (κ2) is 3.52. The van der Waals surface area contributed by atoms with Crippen molar-refractivity contribution < 1.29 is 0 Å². The van der Waals surface area contributed by atoms with E-state index in [2.05, 4.69) is 0 Å². The van der Waals surface area contributed by atoms with Crippen molar-refractivity contribution in [1.82, 2.24) is 0 Å². The van der Waals surface area contributed by atoms with Gasteiger partial charge >= 0.3 is 0 Å². The van der Waals surface area contributed by atoms with Crippen molar-refractivity contribution in [1.29, 1.82) is 10.5 Å². The first-order valence-electron chi connectivity index (χ1n) is 3.43. The van der Waals surface area contributed by atoms with Crippen molar-refractivity contribution in [3.05, 3.63) is 35.4 Å². The average molecular weight is 157 g/mol. The number of hydrogen-bond acceptors (Lipinski definition) is 3. The number of rotatable bonds is 1. The molecule has 0 aliphatic rings. The van der Waals surface area contributed by atoms with Gasteiger partial charge < -0.3 is 5.73 Å². The minimum Gasteiger partial charge on any atom is -0.312 e. The summed E-state index contributed by atoms with van der Waals surface area (Å²) >= 11 is 0. The molecular formula is C9H7N3. The first-order chi connectivity index (χ1) is 5.77. The lowest BCUT2D eigenvalue weighted by Gasteiger charge is -2.01. The minimum atomic E-state index is -0.640. The van der Waals surface area contributed by atoms with Crippen LogP contribution in [0.25, 0.3) is 0 Å². The SMILES string of the molecule is N#Cc1cccc(C(N)C#N)c1. The van der Waals surface area contributed by atoms with Gasteiger partial charge in [-0.15, -0.1) is 0 Å². The molecule has 0 fully saturated rings. The summed E-state index contributed by atoms with van der Waals surface area (Å²) in [5.74, 6) is 0. The topological polar surface area (TPSA) is 73.6 Å². The zero-order valence-corrected chi connectivity index (χ0v) is 6.36. The van der Waals surface area contributed by atoms with E-state index in [-0.39, 0.29) is 0 Å². The number of nitriles is 2. The Balaban J connectivity index is 3.05. The summed E-state index contributed by atoms with van der Waals surface area (Å²) in [6.07, 6.45) is 0. The summed E-state index contributed by atoms with van der Waals surface area (Å²) in [5, 5.41) is 17.0. The molecule has 0 saturated carbocycles. The van der Waals surface area contributed by atoms with Gasteiger partial charge in [0, 0.05) is 0 Å². The lowest BCUT2D eigenvalue weighted by molar-refractivity contribution is 0.925. The van der Waals surface area contributed by atoms with Crippen LogP contribution >= 0.6 is 0 Å². The second-order valence-corrected chi connectivity index (χ2v) is 2.34. The number of nitrogens with two attached hydrogens (primary N) is 1. The fraction of sp³-hybridized carbons (Fsp3) is 0.111. The highest BCUT2D eigenvalue weighted by atomic mass is 14.6. The monoisotopic (exact) mass is 157 g/mol. The van der Waals surface area contributed by atoms with Gasteiger partial charge in [-0.2, -0.15) is 10.5 Å². The molecular weight excluding hydrogens is 150 g/mol. The Morgan fingerprint density at radius 1 is 1.33 bits per heavy atom. The molecule has 1 aromatic carbocycles. The minimum absolute atomic E-state index is 0.526. The summed E-state index contributed by atoms with van der Waals surface area (Å²) in [5.41, 5.74) is 6.65. The van der Waals surface area contributed by atoms with Crippen LogP contribution in [0.2, 0.25) is 0 Å². The molecule has 1 aromatic rings. The van der Waals surface area contributed by atoms with E-state index in [1.54, 1.807) is 24.3 Å². The van der Waals surface area contributed by atoms with Crippen LogP contribution in [0, 0.1) is 22.7 Å². The maximum absolute atomic E-state index is 8.54. The zero-order valence-electron chi connectivity index (χ0n) is 6.36. The first kappa shape index (κ1) is 8.26. The van der Waals surface area contributed by atoms with E-state index in [9.17, 15) is 0 Å². The molecule has 0 amide bonds. The lowest BCUT2D eigenvalue weighted by atomic mass is 10.1. The highest BCUT2D eigenvalue weighted by Crippen LogP contribution is 2.10. The molecule has 1 rings (SSSR count). The van der Waals surface area contributed by atoms with Crippen LogP contribution < -0.4 is 5.73 Å². The quantitative estimate of drug-likeness (QED) is 0.662. The predicted molar refractivity (Wildman–Crippen MR) is 43.7 cm³/mol. The van der Waals surface area contributed by atoms with Crippen molar-refractivity contribution in [3.8, 4) is 12.1 Å². The third-order valence-electron chi connectivity index (χ3n) is 1.51. The standard InChI is InChI=1S/C9H7N3/c10-5-7-2-1-3-8(4-7)9(12)6-11/h1-4,9H,12H2. The second-order valence-electron chi connectivity index (χ2n) is 2.34. The van der Waals surface area contributed by atoms with E-state index in [0.717, 1.165) is 0 Å². The van der Waals surface area contributed by atoms with Crippen LogP contribution in [-0.4, -0.2) is 0 Å². The highest BCUT2D eigenvalue weighted by molar-refractivity contribution is 5.35. The van der Waals surface area contributed by atoms with Gasteiger partial charge in [-0.3, -0.25) is 0 Å². The summed E-state index contributed by atoms with van der Waals surface area (Å²) in [6, 6.07) is 9.98. The van der Waals surface area contributed by atoms with E-state index in [1.165, 1.54) is 0 Å².